The van der Waals surface area contributed by atoms with Crippen LogP contribution in [-0.4, -0.2) is 70.4 Å². The van der Waals surface area contributed by atoms with Crippen LogP contribution in [0.5, 0.6) is 23.0 Å². The number of hydrogen-bond donors (Lipinski definition) is 1. The molecule has 8 heteroatoms. The number of carbonyl (C=O) groups is 1. The maximum Gasteiger partial charge on any atom is 0.322 e. The summed E-state index contributed by atoms with van der Waals surface area (Å²) in [6.45, 7) is 3.49. The van der Waals surface area contributed by atoms with E-state index < -0.39 is 0 Å². The van der Waals surface area contributed by atoms with Crippen LogP contribution in [0, 0.1) is 0 Å². The van der Waals surface area contributed by atoms with Crippen molar-refractivity contribution in [1.29, 1.82) is 0 Å². The lowest BCUT2D eigenvalue weighted by atomic mass is 10.1. The van der Waals surface area contributed by atoms with Crippen LogP contribution >= 0.6 is 0 Å². The predicted molar refractivity (Wildman–Crippen MR) is 115 cm³/mol. The molecule has 0 aliphatic carbocycles. The molecule has 0 aromatic heterocycles. The van der Waals surface area contributed by atoms with Gasteiger partial charge in [-0.15, -0.1) is 0 Å². The van der Waals surface area contributed by atoms with E-state index >= 15 is 0 Å². The molecule has 30 heavy (non-hydrogen) atoms. The molecule has 0 spiro atoms. The third-order valence-corrected chi connectivity index (χ3v) is 5.19. The van der Waals surface area contributed by atoms with Crippen molar-refractivity contribution < 1.29 is 23.7 Å². The molecule has 0 unspecified atom stereocenters. The van der Waals surface area contributed by atoms with E-state index in [0.717, 1.165) is 18.7 Å². The van der Waals surface area contributed by atoms with E-state index in [4.69, 9.17) is 18.9 Å². The second-order valence-electron chi connectivity index (χ2n) is 6.89. The minimum Gasteiger partial charge on any atom is -0.495 e. The lowest BCUT2D eigenvalue weighted by Crippen LogP contribution is -2.49. The Morgan fingerprint density at radius 3 is 2.13 bits per heavy atom. The zero-order chi connectivity index (χ0) is 21.5. The van der Waals surface area contributed by atoms with Crippen LogP contribution in [0.4, 0.5) is 10.5 Å². The monoisotopic (exact) mass is 415 g/mol. The Kier molecular flexibility index (Phi) is 7.24. The number of anilines is 1. The SMILES string of the molecule is COc1ccccc1NC(=O)N1CCN(Cc2ccc(OC)c(OC)c2OC)CC1. The van der Waals surface area contributed by atoms with Crippen molar-refractivity contribution in [1.82, 2.24) is 9.80 Å². The van der Waals surface area contributed by atoms with Gasteiger partial charge in [0, 0.05) is 38.3 Å². The van der Waals surface area contributed by atoms with Gasteiger partial charge in [-0.1, -0.05) is 18.2 Å². The Morgan fingerprint density at radius 1 is 0.833 bits per heavy atom. The van der Waals surface area contributed by atoms with Gasteiger partial charge in [-0.05, 0) is 18.2 Å². The molecule has 1 aliphatic rings. The average molecular weight is 415 g/mol. The molecule has 162 valence electrons. The highest BCUT2D eigenvalue weighted by Crippen LogP contribution is 2.40. The molecule has 1 heterocycles. The summed E-state index contributed by atoms with van der Waals surface area (Å²) >= 11 is 0. The number of carbonyl (C=O) groups excluding carboxylic acids is 1. The summed E-state index contributed by atoms with van der Waals surface area (Å²) in [5.41, 5.74) is 1.68. The van der Waals surface area contributed by atoms with Crippen molar-refractivity contribution in [3.05, 3.63) is 42.0 Å². The highest BCUT2D eigenvalue weighted by molar-refractivity contribution is 5.91. The van der Waals surface area contributed by atoms with Crippen molar-refractivity contribution in [3.8, 4) is 23.0 Å². The molecule has 0 saturated carbocycles. The summed E-state index contributed by atoms with van der Waals surface area (Å²) in [5.74, 6) is 2.54. The van der Waals surface area contributed by atoms with Crippen molar-refractivity contribution in [3.63, 3.8) is 0 Å². The number of methoxy groups -OCH3 is 4. The topological polar surface area (TPSA) is 72.5 Å². The Labute approximate surface area is 177 Å². The highest BCUT2D eigenvalue weighted by atomic mass is 16.5. The fourth-order valence-electron chi connectivity index (χ4n) is 3.58. The molecule has 1 N–H and O–H groups in total. The molecule has 0 bridgehead atoms. The van der Waals surface area contributed by atoms with E-state index in [9.17, 15) is 4.79 Å². The first kappa shape index (κ1) is 21.6. The van der Waals surface area contributed by atoms with Gasteiger partial charge in [0.15, 0.2) is 11.5 Å². The summed E-state index contributed by atoms with van der Waals surface area (Å²) in [6.07, 6.45) is 0. The number of hydrogen-bond acceptors (Lipinski definition) is 6. The summed E-state index contributed by atoms with van der Waals surface area (Å²) in [4.78, 5) is 16.7. The van der Waals surface area contributed by atoms with Gasteiger partial charge < -0.3 is 29.2 Å². The largest absolute Gasteiger partial charge is 0.495 e. The number of amides is 2. The zero-order valence-corrected chi connectivity index (χ0v) is 17.9. The van der Waals surface area contributed by atoms with Gasteiger partial charge >= 0.3 is 6.03 Å². The van der Waals surface area contributed by atoms with E-state index in [2.05, 4.69) is 10.2 Å². The number of urea groups is 1. The van der Waals surface area contributed by atoms with Gasteiger partial charge in [-0.2, -0.15) is 0 Å². The van der Waals surface area contributed by atoms with E-state index in [1.54, 1.807) is 28.4 Å². The van der Waals surface area contributed by atoms with E-state index in [-0.39, 0.29) is 6.03 Å². The third-order valence-electron chi connectivity index (χ3n) is 5.19. The molecule has 2 aromatic carbocycles. The summed E-state index contributed by atoms with van der Waals surface area (Å²) < 4.78 is 21.7. The number of nitrogens with zero attached hydrogens (tertiary/aromatic N) is 2. The number of nitrogens with one attached hydrogen (secondary N) is 1. The van der Waals surface area contributed by atoms with Crippen LogP contribution < -0.4 is 24.3 Å². The minimum absolute atomic E-state index is 0.122. The Balaban J connectivity index is 1.60. The first-order valence-corrected chi connectivity index (χ1v) is 9.80. The number of para-hydroxylation sites is 2. The van der Waals surface area contributed by atoms with E-state index in [1.807, 2.05) is 41.3 Å². The van der Waals surface area contributed by atoms with Gasteiger partial charge in [-0.3, -0.25) is 4.90 Å². The van der Waals surface area contributed by atoms with Crippen molar-refractivity contribution in [2.24, 2.45) is 0 Å². The molecule has 2 aromatic rings. The van der Waals surface area contributed by atoms with Crippen LogP contribution in [-0.2, 0) is 6.54 Å². The van der Waals surface area contributed by atoms with Gasteiger partial charge in [0.05, 0.1) is 34.1 Å². The smallest absolute Gasteiger partial charge is 0.322 e. The molecular formula is C22H29N3O5. The summed E-state index contributed by atoms with van der Waals surface area (Å²) in [5, 5.41) is 2.93. The first-order chi connectivity index (χ1) is 14.6. The number of rotatable bonds is 7. The number of piperazine rings is 1. The molecule has 1 saturated heterocycles. The summed E-state index contributed by atoms with van der Waals surface area (Å²) in [6, 6.07) is 11.1. The molecule has 2 amide bonds. The van der Waals surface area contributed by atoms with Gasteiger partial charge in [0.25, 0.3) is 0 Å². The fourth-order valence-corrected chi connectivity index (χ4v) is 3.58. The average Bonchev–Trinajstić information content (AvgIpc) is 2.79. The molecule has 0 atom stereocenters. The normalized spacial score (nSPS) is 14.2. The predicted octanol–water partition coefficient (Wildman–Crippen LogP) is 3.07. The third kappa shape index (κ3) is 4.71. The molecule has 1 fully saturated rings. The quantitative estimate of drug-likeness (QED) is 0.749. The molecule has 8 nitrogen and oxygen atoms in total. The fraction of sp³-hybridized carbons (Fsp3) is 0.409. The minimum atomic E-state index is -0.122. The Hall–Kier alpha value is -3.13. The summed E-state index contributed by atoms with van der Waals surface area (Å²) in [7, 11) is 6.42. The van der Waals surface area contributed by atoms with Crippen LogP contribution in [0.25, 0.3) is 0 Å². The van der Waals surface area contributed by atoms with Crippen LogP contribution in [0.3, 0.4) is 0 Å². The maximum atomic E-state index is 12.6. The standard InChI is InChI=1S/C22H29N3O5/c1-27-18-8-6-5-7-17(18)23-22(26)25-13-11-24(12-14-25)15-16-9-10-19(28-2)21(30-4)20(16)29-3/h5-10H,11-15H2,1-4H3,(H,23,26). The van der Waals surface area contributed by atoms with Crippen LogP contribution in [0.2, 0.25) is 0 Å². The van der Waals surface area contributed by atoms with Gasteiger partial charge in [0.2, 0.25) is 5.75 Å². The first-order valence-electron chi connectivity index (χ1n) is 9.80. The molecule has 0 radical (unpaired) electrons. The second-order valence-corrected chi connectivity index (χ2v) is 6.89. The van der Waals surface area contributed by atoms with Crippen molar-refractivity contribution in [2.45, 2.75) is 6.54 Å². The number of ether oxygens (including phenoxy) is 4. The highest BCUT2D eigenvalue weighted by Gasteiger charge is 2.24. The van der Waals surface area contributed by atoms with E-state index in [0.29, 0.717) is 48.3 Å². The van der Waals surface area contributed by atoms with Gasteiger partial charge in [0.1, 0.15) is 5.75 Å². The van der Waals surface area contributed by atoms with Crippen LogP contribution in [0.15, 0.2) is 36.4 Å². The zero-order valence-electron chi connectivity index (χ0n) is 17.9. The Morgan fingerprint density at radius 2 is 1.50 bits per heavy atom. The molecular weight excluding hydrogens is 386 g/mol. The van der Waals surface area contributed by atoms with Gasteiger partial charge in [-0.25, -0.2) is 4.79 Å². The molecule has 3 rings (SSSR count). The second kappa shape index (κ2) is 10.1. The number of benzene rings is 2. The molecule has 1 aliphatic heterocycles. The lowest BCUT2D eigenvalue weighted by molar-refractivity contribution is 0.142. The van der Waals surface area contributed by atoms with Crippen molar-refractivity contribution >= 4 is 11.7 Å². The Bertz CT molecular complexity index is 866. The maximum absolute atomic E-state index is 12.6. The van der Waals surface area contributed by atoms with Crippen molar-refractivity contribution in [2.75, 3.05) is 59.9 Å². The van der Waals surface area contributed by atoms with Crippen LogP contribution in [0.1, 0.15) is 5.56 Å². The van der Waals surface area contributed by atoms with E-state index in [1.165, 1.54) is 0 Å². The lowest BCUT2D eigenvalue weighted by Gasteiger charge is -2.35.